The number of nitrogens with zero attached hydrogens (tertiary/aromatic N) is 3. The van der Waals surface area contributed by atoms with Crippen molar-refractivity contribution in [1.82, 2.24) is 24.7 Å². The molecule has 4 rings (SSSR count). The van der Waals surface area contributed by atoms with Gasteiger partial charge < -0.3 is 9.88 Å². The first-order chi connectivity index (χ1) is 13.4. The molecule has 0 bridgehead atoms. The number of hydrogen-bond donors (Lipinski definition) is 3. The van der Waals surface area contributed by atoms with Crippen LogP contribution in [0.25, 0.3) is 10.9 Å². The van der Waals surface area contributed by atoms with E-state index >= 15 is 0 Å². The monoisotopic (exact) mass is 402 g/mol. The Hall–Kier alpha value is -3.05. The van der Waals surface area contributed by atoms with Crippen molar-refractivity contribution in [2.45, 2.75) is 23.8 Å². The molecule has 3 heterocycles. The van der Waals surface area contributed by atoms with Gasteiger partial charge in [0.05, 0.1) is 15.8 Å². The second-order valence-electron chi connectivity index (χ2n) is 6.57. The number of fused-ring (bicyclic) bond motifs is 1. The molecule has 1 fully saturated rings. The number of anilines is 1. The van der Waals surface area contributed by atoms with Crippen LogP contribution in [0.2, 0.25) is 0 Å². The molecule has 0 radical (unpaired) electrons. The summed E-state index contributed by atoms with van der Waals surface area (Å²) in [7, 11) is -3.85. The predicted octanol–water partition coefficient (Wildman–Crippen LogP) is -0.0463. The summed E-state index contributed by atoms with van der Waals surface area (Å²) in [6.07, 6.45) is 4.77. The van der Waals surface area contributed by atoms with E-state index in [4.69, 9.17) is 0 Å². The molecule has 146 valence electrons. The number of piperidine rings is 1. The van der Waals surface area contributed by atoms with Crippen LogP contribution < -0.4 is 20.9 Å². The Morgan fingerprint density at radius 2 is 1.93 bits per heavy atom. The standard InChI is InChI=1S/C17H18N6O4S/c24-15-13-9-12(4-5-14(13)20-17(25)21-15)28(26,27)22-11-3-1-8-23(10-11)16-18-6-2-7-19-16/h2,4-7,9,11,22H,1,3,8,10H2,(H2,20,21,24,25). The highest BCUT2D eigenvalue weighted by atomic mass is 32.2. The minimum Gasteiger partial charge on any atom is -0.339 e. The van der Waals surface area contributed by atoms with E-state index in [9.17, 15) is 18.0 Å². The molecule has 1 saturated heterocycles. The van der Waals surface area contributed by atoms with E-state index in [0.29, 0.717) is 18.9 Å². The van der Waals surface area contributed by atoms with Crippen LogP contribution in [0.15, 0.2) is 51.1 Å². The lowest BCUT2D eigenvalue weighted by atomic mass is 10.1. The van der Waals surface area contributed by atoms with Gasteiger partial charge in [0.1, 0.15) is 0 Å². The summed E-state index contributed by atoms with van der Waals surface area (Å²) in [4.78, 5) is 38.2. The van der Waals surface area contributed by atoms with Crippen molar-refractivity contribution in [3.8, 4) is 0 Å². The van der Waals surface area contributed by atoms with Gasteiger partial charge in [-0.25, -0.2) is 27.9 Å². The van der Waals surface area contributed by atoms with Crippen molar-refractivity contribution in [3.63, 3.8) is 0 Å². The van der Waals surface area contributed by atoms with E-state index in [1.807, 2.05) is 4.90 Å². The zero-order chi connectivity index (χ0) is 19.7. The summed E-state index contributed by atoms with van der Waals surface area (Å²) < 4.78 is 28.3. The van der Waals surface area contributed by atoms with Crippen LogP contribution in [0.1, 0.15) is 12.8 Å². The number of aromatic nitrogens is 4. The fraction of sp³-hybridized carbons (Fsp3) is 0.294. The fourth-order valence-electron chi connectivity index (χ4n) is 3.31. The van der Waals surface area contributed by atoms with Gasteiger partial charge >= 0.3 is 5.69 Å². The van der Waals surface area contributed by atoms with Crippen LogP contribution in [0, 0.1) is 0 Å². The number of H-pyrrole nitrogens is 2. The summed E-state index contributed by atoms with van der Waals surface area (Å²) in [6.45, 7) is 1.20. The van der Waals surface area contributed by atoms with E-state index in [-0.39, 0.29) is 21.8 Å². The number of rotatable bonds is 4. The fourth-order valence-corrected chi connectivity index (χ4v) is 4.60. The van der Waals surface area contributed by atoms with E-state index in [0.717, 1.165) is 13.0 Å². The van der Waals surface area contributed by atoms with E-state index in [1.165, 1.54) is 18.2 Å². The van der Waals surface area contributed by atoms with Gasteiger partial charge in [0.25, 0.3) is 5.56 Å². The second kappa shape index (κ2) is 7.17. The summed E-state index contributed by atoms with van der Waals surface area (Å²) in [5.41, 5.74) is -1.00. The third kappa shape index (κ3) is 3.66. The van der Waals surface area contributed by atoms with Gasteiger partial charge in [-0.3, -0.25) is 9.78 Å². The molecule has 11 heteroatoms. The summed E-state index contributed by atoms with van der Waals surface area (Å²) in [5.74, 6) is 0.563. The van der Waals surface area contributed by atoms with Crippen LogP contribution in [-0.4, -0.2) is 47.5 Å². The quantitative estimate of drug-likeness (QED) is 0.556. The van der Waals surface area contributed by atoms with Gasteiger partial charge in [-0.1, -0.05) is 0 Å². The van der Waals surface area contributed by atoms with E-state index in [2.05, 4.69) is 24.7 Å². The van der Waals surface area contributed by atoms with Gasteiger partial charge in [-0.15, -0.1) is 0 Å². The number of sulfonamides is 1. The molecular weight excluding hydrogens is 384 g/mol. The van der Waals surface area contributed by atoms with Gasteiger partial charge in [-0.2, -0.15) is 0 Å². The highest BCUT2D eigenvalue weighted by Crippen LogP contribution is 2.19. The van der Waals surface area contributed by atoms with Gasteiger partial charge in [-0.05, 0) is 37.1 Å². The van der Waals surface area contributed by atoms with Crippen molar-refractivity contribution in [1.29, 1.82) is 0 Å². The second-order valence-corrected chi connectivity index (χ2v) is 8.28. The van der Waals surface area contributed by atoms with Crippen molar-refractivity contribution in [2.75, 3.05) is 18.0 Å². The van der Waals surface area contributed by atoms with E-state index < -0.39 is 21.3 Å². The highest BCUT2D eigenvalue weighted by molar-refractivity contribution is 7.89. The lowest BCUT2D eigenvalue weighted by Crippen LogP contribution is -2.48. The number of aromatic amines is 2. The van der Waals surface area contributed by atoms with Gasteiger partial charge in [0, 0.05) is 31.5 Å². The molecule has 1 atom stereocenters. The van der Waals surface area contributed by atoms with Crippen LogP contribution in [0.3, 0.4) is 0 Å². The third-order valence-electron chi connectivity index (χ3n) is 4.60. The molecule has 0 saturated carbocycles. The van der Waals surface area contributed by atoms with Crippen LogP contribution in [0.4, 0.5) is 5.95 Å². The van der Waals surface area contributed by atoms with Gasteiger partial charge in [0.15, 0.2) is 0 Å². The Kier molecular flexibility index (Phi) is 4.69. The molecule has 1 aliphatic heterocycles. The summed E-state index contributed by atoms with van der Waals surface area (Å²) in [5, 5.41) is 0.102. The zero-order valence-electron chi connectivity index (χ0n) is 14.8. The molecule has 28 heavy (non-hydrogen) atoms. The largest absolute Gasteiger partial charge is 0.339 e. The molecule has 0 spiro atoms. The minimum absolute atomic E-state index is 0.0365. The van der Waals surface area contributed by atoms with Crippen molar-refractivity contribution < 1.29 is 8.42 Å². The Labute approximate surface area is 159 Å². The number of nitrogens with one attached hydrogen (secondary N) is 3. The third-order valence-corrected chi connectivity index (χ3v) is 6.12. The Morgan fingerprint density at radius 3 is 2.71 bits per heavy atom. The van der Waals surface area contributed by atoms with Crippen molar-refractivity contribution in [2.24, 2.45) is 0 Å². The molecule has 2 aromatic heterocycles. The van der Waals surface area contributed by atoms with Crippen LogP contribution >= 0.6 is 0 Å². The molecule has 0 amide bonds. The Balaban J connectivity index is 1.58. The van der Waals surface area contributed by atoms with Gasteiger partial charge in [0.2, 0.25) is 16.0 Å². The number of hydrogen-bond acceptors (Lipinski definition) is 7. The average molecular weight is 402 g/mol. The summed E-state index contributed by atoms with van der Waals surface area (Å²) >= 11 is 0. The first-order valence-electron chi connectivity index (χ1n) is 8.73. The normalized spacial score (nSPS) is 17.7. The van der Waals surface area contributed by atoms with Crippen LogP contribution in [-0.2, 0) is 10.0 Å². The molecule has 3 N–H and O–H groups in total. The Morgan fingerprint density at radius 1 is 1.14 bits per heavy atom. The lowest BCUT2D eigenvalue weighted by Gasteiger charge is -2.32. The maximum atomic E-state index is 12.8. The number of benzene rings is 1. The maximum absolute atomic E-state index is 12.8. The first kappa shape index (κ1) is 18.3. The molecule has 10 nitrogen and oxygen atoms in total. The molecule has 1 aromatic carbocycles. The van der Waals surface area contributed by atoms with Crippen molar-refractivity contribution >= 4 is 26.9 Å². The average Bonchev–Trinajstić information content (AvgIpc) is 2.68. The molecule has 1 aliphatic rings. The highest BCUT2D eigenvalue weighted by Gasteiger charge is 2.26. The molecule has 1 unspecified atom stereocenters. The molecule has 0 aliphatic carbocycles. The molecular formula is C17H18N6O4S. The topological polar surface area (TPSA) is 141 Å². The maximum Gasteiger partial charge on any atom is 0.326 e. The Bertz CT molecular complexity index is 1220. The zero-order valence-corrected chi connectivity index (χ0v) is 15.6. The minimum atomic E-state index is -3.85. The van der Waals surface area contributed by atoms with Crippen molar-refractivity contribution in [3.05, 3.63) is 57.5 Å². The first-order valence-corrected chi connectivity index (χ1v) is 10.2. The van der Waals surface area contributed by atoms with E-state index in [1.54, 1.807) is 18.5 Å². The van der Waals surface area contributed by atoms with Crippen LogP contribution in [0.5, 0.6) is 0 Å². The predicted molar refractivity (Wildman–Crippen MR) is 103 cm³/mol. The lowest BCUT2D eigenvalue weighted by molar-refractivity contribution is 0.461. The molecule has 3 aromatic rings. The smallest absolute Gasteiger partial charge is 0.326 e. The SMILES string of the molecule is O=c1[nH]c(=O)c2cc(S(=O)(=O)NC3CCCN(c4ncccn4)C3)ccc2[nH]1. The summed E-state index contributed by atoms with van der Waals surface area (Å²) in [6, 6.07) is 5.44.